The molecule has 0 saturated carbocycles. The molecule has 5 rings (SSSR count). The molecule has 2 radical (unpaired) electrons. The van der Waals surface area contributed by atoms with Gasteiger partial charge in [-0.3, -0.25) is 9.48 Å². The van der Waals surface area contributed by atoms with Crippen molar-refractivity contribution in [2.75, 3.05) is 13.1 Å². The molecule has 192 valence electrons. The van der Waals surface area contributed by atoms with Crippen LogP contribution in [-0.4, -0.2) is 33.7 Å². The molecule has 2 heterocycles. The summed E-state index contributed by atoms with van der Waals surface area (Å²) in [5.74, 6) is 0.159. The summed E-state index contributed by atoms with van der Waals surface area (Å²) in [7, 11) is 1.78. The van der Waals surface area contributed by atoms with Gasteiger partial charge in [0.1, 0.15) is 22.8 Å². The van der Waals surface area contributed by atoms with Gasteiger partial charge in [0.25, 0.3) is 5.91 Å². The van der Waals surface area contributed by atoms with E-state index in [1.807, 2.05) is 56.7 Å². The van der Waals surface area contributed by atoms with Gasteiger partial charge >= 0.3 is 0 Å². The number of rotatable bonds is 9. The SMILES string of the molecule is [CH]=C=CCN(CC=C)C(=O)c1ccc(-c2cc3nn(C)c(-c4cccc(C(C)(C)C5=C[CH]5)c4F)c3o2)cc1.[HH]. The Kier molecular flexibility index (Phi) is 6.52. The van der Waals surface area contributed by atoms with Crippen molar-refractivity contribution in [3.8, 4) is 22.6 Å². The molecule has 1 aliphatic carbocycles. The van der Waals surface area contributed by atoms with Crippen LogP contribution in [0.15, 0.2) is 89.1 Å². The van der Waals surface area contributed by atoms with Crippen LogP contribution in [0, 0.1) is 18.8 Å². The Hall–Kier alpha value is -4.41. The van der Waals surface area contributed by atoms with Crippen molar-refractivity contribution in [1.29, 1.82) is 0 Å². The zero-order chi connectivity index (χ0) is 27.0. The van der Waals surface area contributed by atoms with E-state index in [1.165, 1.54) is 0 Å². The third-order valence-electron chi connectivity index (χ3n) is 6.97. The number of hydrogen-bond acceptors (Lipinski definition) is 3. The first-order valence-corrected chi connectivity index (χ1v) is 12.4. The summed E-state index contributed by atoms with van der Waals surface area (Å²) in [6.07, 6.45) is 7.28. The Bertz CT molecular complexity index is 1640. The number of carbonyl (C=O) groups is 1. The second-order valence-electron chi connectivity index (χ2n) is 9.82. The van der Waals surface area contributed by atoms with Gasteiger partial charge in [0.2, 0.25) is 0 Å². The summed E-state index contributed by atoms with van der Waals surface area (Å²) in [6.45, 7) is 13.8. The molecule has 1 aliphatic rings. The van der Waals surface area contributed by atoms with Gasteiger partial charge < -0.3 is 9.32 Å². The fourth-order valence-electron chi connectivity index (χ4n) is 4.75. The number of fused-ring (bicyclic) bond motifs is 1. The number of amides is 1. The Balaban J connectivity index is 0.00000353. The number of allylic oxidation sites excluding steroid dienone is 2. The van der Waals surface area contributed by atoms with Gasteiger partial charge in [-0.2, -0.15) is 5.10 Å². The minimum atomic E-state index is -0.425. The van der Waals surface area contributed by atoms with Crippen LogP contribution < -0.4 is 0 Å². The average molecular weight is 508 g/mol. The summed E-state index contributed by atoms with van der Waals surface area (Å²) in [5.41, 5.74) is 7.23. The Morgan fingerprint density at radius 3 is 2.66 bits per heavy atom. The van der Waals surface area contributed by atoms with Crippen molar-refractivity contribution in [1.82, 2.24) is 14.7 Å². The smallest absolute Gasteiger partial charge is 0.254 e. The molecular weight excluding hydrogens is 477 g/mol. The molecule has 0 unspecified atom stereocenters. The predicted molar refractivity (Wildman–Crippen MR) is 150 cm³/mol. The van der Waals surface area contributed by atoms with Crippen LogP contribution in [0.3, 0.4) is 0 Å². The van der Waals surface area contributed by atoms with Crippen molar-refractivity contribution < 1.29 is 15.0 Å². The second kappa shape index (κ2) is 9.81. The minimum Gasteiger partial charge on any atom is -0.452 e. The quantitative estimate of drug-likeness (QED) is 0.180. The number of aryl methyl sites for hydroxylation is 1. The molecule has 0 bridgehead atoms. The van der Waals surface area contributed by atoms with E-state index < -0.39 is 5.41 Å². The first-order chi connectivity index (χ1) is 18.3. The van der Waals surface area contributed by atoms with E-state index >= 15 is 4.39 Å². The first kappa shape index (κ1) is 25.2. The lowest BCUT2D eigenvalue weighted by Gasteiger charge is -2.24. The van der Waals surface area contributed by atoms with Crippen molar-refractivity contribution in [2.24, 2.45) is 7.05 Å². The maximum absolute atomic E-state index is 15.9. The molecule has 4 aromatic rings. The lowest BCUT2D eigenvalue weighted by atomic mass is 9.80. The maximum Gasteiger partial charge on any atom is 0.254 e. The highest BCUT2D eigenvalue weighted by Gasteiger charge is 2.34. The zero-order valence-corrected chi connectivity index (χ0v) is 21.7. The summed E-state index contributed by atoms with van der Waals surface area (Å²) >= 11 is 0. The first-order valence-electron chi connectivity index (χ1n) is 12.4. The third-order valence-corrected chi connectivity index (χ3v) is 6.97. The molecule has 6 heteroatoms. The largest absolute Gasteiger partial charge is 0.452 e. The van der Waals surface area contributed by atoms with E-state index in [-0.39, 0.29) is 13.2 Å². The highest BCUT2D eigenvalue weighted by Crippen LogP contribution is 2.44. The lowest BCUT2D eigenvalue weighted by molar-refractivity contribution is 0.0791. The van der Waals surface area contributed by atoms with Crippen LogP contribution in [0.25, 0.3) is 33.7 Å². The van der Waals surface area contributed by atoms with Gasteiger partial charge in [-0.1, -0.05) is 55.8 Å². The van der Waals surface area contributed by atoms with Crippen LogP contribution in [0.2, 0.25) is 0 Å². The molecular formula is C32H30FN3O2. The molecule has 0 saturated heterocycles. The summed E-state index contributed by atoms with van der Waals surface area (Å²) in [4.78, 5) is 14.5. The Morgan fingerprint density at radius 2 is 2.00 bits per heavy atom. The number of carbonyl (C=O) groups excluding carboxylic acids is 1. The molecule has 2 aromatic carbocycles. The number of nitrogens with zero attached hydrogens (tertiary/aromatic N) is 3. The van der Waals surface area contributed by atoms with Gasteiger partial charge in [-0.25, -0.2) is 4.39 Å². The molecule has 2 aromatic heterocycles. The van der Waals surface area contributed by atoms with Crippen LogP contribution in [0.5, 0.6) is 0 Å². The fourth-order valence-corrected chi connectivity index (χ4v) is 4.75. The van der Waals surface area contributed by atoms with Gasteiger partial charge in [0, 0.05) is 56.2 Å². The number of furan rings is 1. The highest BCUT2D eigenvalue weighted by molar-refractivity contribution is 5.95. The minimum absolute atomic E-state index is 0. The maximum atomic E-state index is 15.9. The van der Waals surface area contributed by atoms with E-state index in [2.05, 4.69) is 17.4 Å². The monoisotopic (exact) mass is 507 g/mol. The van der Waals surface area contributed by atoms with E-state index in [4.69, 9.17) is 11.0 Å². The normalized spacial score (nSPS) is 12.7. The van der Waals surface area contributed by atoms with Gasteiger partial charge in [-0.05, 0) is 36.4 Å². The highest BCUT2D eigenvalue weighted by atomic mass is 19.1. The molecule has 0 fully saturated rings. The second-order valence-corrected chi connectivity index (χ2v) is 9.82. The van der Waals surface area contributed by atoms with Crippen molar-refractivity contribution in [2.45, 2.75) is 19.3 Å². The summed E-state index contributed by atoms with van der Waals surface area (Å²) in [5, 5.41) is 4.58. The number of aromatic nitrogens is 2. The average Bonchev–Trinajstić information content (AvgIpc) is 3.63. The topological polar surface area (TPSA) is 51.3 Å². The van der Waals surface area contributed by atoms with E-state index in [0.29, 0.717) is 52.3 Å². The van der Waals surface area contributed by atoms with Gasteiger partial charge in [0.05, 0.1) is 0 Å². The molecule has 38 heavy (non-hydrogen) atoms. The number of halogens is 1. The summed E-state index contributed by atoms with van der Waals surface area (Å²) < 4.78 is 23.8. The molecule has 5 nitrogen and oxygen atoms in total. The standard InChI is InChI=1S/C32H28FN3O2.H2/c1-6-8-19-36(18-7-2)31(37)22-14-12-21(13-15-22)27-20-26-30(38-27)29(35(5)34-26)24-10-9-11-25(28(24)33)32(3,4)23-16-17-23;/h1,7-17,20H,2,18-19H2,3-5H3;1H. The van der Waals surface area contributed by atoms with Gasteiger partial charge in [0.15, 0.2) is 5.58 Å². The van der Waals surface area contributed by atoms with Crippen molar-refractivity contribution in [3.63, 3.8) is 0 Å². The van der Waals surface area contributed by atoms with Crippen LogP contribution >= 0.6 is 0 Å². The molecule has 0 spiro atoms. The third kappa shape index (κ3) is 4.44. The van der Waals surface area contributed by atoms with E-state index in [1.54, 1.807) is 47.0 Å². The van der Waals surface area contributed by atoms with Crippen LogP contribution in [0.1, 0.15) is 31.2 Å². The number of hydrogen-bond donors (Lipinski definition) is 0. The number of benzene rings is 2. The van der Waals surface area contributed by atoms with Crippen LogP contribution in [-0.2, 0) is 12.5 Å². The van der Waals surface area contributed by atoms with E-state index in [9.17, 15) is 4.79 Å². The summed E-state index contributed by atoms with van der Waals surface area (Å²) in [6, 6.07) is 14.4. The molecule has 0 N–H and O–H groups in total. The molecule has 0 atom stereocenters. The van der Waals surface area contributed by atoms with Crippen molar-refractivity contribution in [3.05, 3.63) is 115 Å². The predicted octanol–water partition coefficient (Wildman–Crippen LogP) is 7.08. The molecule has 0 aliphatic heterocycles. The Morgan fingerprint density at radius 1 is 1.26 bits per heavy atom. The molecule has 1 amide bonds. The lowest BCUT2D eigenvalue weighted by Crippen LogP contribution is -2.31. The van der Waals surface area contributed by atoms with E-state index in [0.717, 1.165) is 11.1 Å². The Labute approximate surface area is 223 Å². The van der Waals surface area contributed by atoms with Crippen molar-refractivity contribution >= 4 is 17.0 Å². The fraction of sp³-hybridized carbons (Fsp3) is 0.188. The zero-order valence-electron chi connectivity index (χ0n) is 21.7. The van der Waals surface area contributed by atoms with Crippen LogP contribution in [0.4, 0.5) is 4.39 Å². The van der Waals surface area contributed by atoms with Gasteiger partial charge in [-0.15, -0.1) is 12.3 Å².